The van der Waals surface area contributed by atoms with E-state index in [1.54, 1.807) is 31.5 Å². The van der Waals surface area contributed by atoms with E-state index >= 15 is 0 Å². The Morgan fingerprint density at radius 2 is 1.79 bits per heavy atom. The van der Waals surface area contributed by atoms with Crippen molar-refractivity contribution in [2.75, 3.05) is 24.4 Å². The van der Waals surface area contributed by atoms with Gasteiger partial charge in [0.25, 0.3) is 0 Å². The zero-order valence-electron chi connectivity index (χ0n) is 18.9. The van der Waals surface area contributed by atoms with E-state index in [4.69, 9.17) is 14.7 Å². The molecule has 5 rings (SSSR count). The fourth-order valence-corrected chi connectivity index (χ4v) is 4.46. The summed E-state index contributed by atoms with van der Waals surface area (Å²) in [5.41, 5.74) is 2.49. The van der Waals surface area contributed by atoms with Gasteiger partial charge in [-0.05, 0) is 68.0 Å². The van der Waals surface area contributed by atoms with Crippen LogP contribution in [0.15, 0.2) is 54.7 Å². The fourth-order valence-electron chi connectivity index (χ4n) is 4.46. The number of imidazole rings is 1. The van der Waals surface area contributed by atoms with Crippen molar-refractivity contribution >= 4 is 34.4 Å². The number of rotatable bonds is 7. The van der Waals surface area contributed by atoms with Crippen molar-refractivity contribution in [2.45, 2.75) is 31.7 Å². The summed E-state index contributed by atoms with van der Waals surface area (Å²) < 4.78 is 21.7. The standard InChI is InChI=1S/C25H27FN6O2/c1-34-19-12-8-17(9-13-19)28-24-27-14-22-23(31-24)32(18-10-6-16(15-33)7-11-18)25(30-22)29-21-5-3-2-4-20(21)26/h2-5,8-9,12-14,16,18,33H,6-7,10-11,15H2,1H3,(H,29,30)(H,27,28,31). The molecule has 0 unspecified atom stereocenters. The lowest BCUT2D eigenvalue weighted by Crippen LogP contribution is -2.21. The number of aromatic nitrogens is 4. The smallest absolute Gasteiger partial charge is 0.229 e. The van der Waals surface area contributed by atoms with Crippen LogP contribution < -0.4 is 15.4 Å². The van der Waals surface area contributed by atoms with Gasteiger partial charge >= 0.3 is 0 Å². The van der Waals surface area contributed by atoms with Gasteiger partial charge in [0, 0.05) is 18.3 Å². The number of nitrogens with one attached hydrogen (secondary N) is 2. The number of aliphatic hydroxyl groups excluding tert-OH is 1. The molecule has 0 radical (unpaired) electrons. The molecule has 2 aromatic carbocycles. The number of hydrogen-bond acceptors (Lipinski definition) is 7. The first kappa shape index (κ1) is 22.1. The summed E-state index contributed by atoms with van der Waals surface area (Å²) in [6.45, 7) is 0.204. The Labute approximate surface area is 196 Å². The minimum atomic E-state index is -0.349. The van der Waals surface area contributed by atoms with Gasteiger partial charge in [0.1, 0.15) is 17.1 Å². The van der Waals surface area contributed by atoms with Crippen LogP contribution in [0.3, 0.4) is 0 Å². The number of hydrogen-bond donors (Lipinski definition) is 3. The highest BCUT2D eigenvalue weighted by Crippen LogP contribution is 2.37. The van der Waals surface area contributed by atoms with Crippen LogP contribution in [0.5, 0.6) is 5.75 Å². The lowest BCUT2D eigenvalue weighted by molar-refractivity contribution is 0.170. The normalized spacial score (nSPS) is 18.1. The van der Waals surface area contributed by atoms with Crippen LogP contribution in [0.25, 0.3) is 11.2 Å². The van der Waals surface area contributed by atoms with E-state index in [9.17, 15) is 9.50 Å². The highest BCUT2D eigenvalue weighted by molar-refractivity contribution is 5.77. The number of aliphatic hydroxyl groups is 1. The molecule has 1 fully saturated rings. The maximum atomic E-state index is 14.4. The fraction of sp³-hybridized carbons (Fsp3) is 0.320. The van der Waals surface area contributed by atoms with Gasteiger partial charge in [-0.3, -0.25) is 4.57 Å². The summed E-state index contributed by atoms with van der Waals surface area (Å²) in [7, 11) is 1.63. The Bertz CT molecular complexity index is 1270. The third kappa shape index (κ3) is 4.51. The van der Waals surface area contributed by atoms with Gasteiger partial charge in [-0.2, -0.15) is 4.98 Å². The van der Waals surface area contributed by atoms with E-state index in [1.165, 1.54) is 6.07 Å². The minimum Gasteiger partial charge on any atom is -0.497 e. The molecule has 1 aliphatic carbocycles. The van der Waals surface area contributed by atoms with E-state index in [0.29, 0.717) is 34.7 Å². The number of fused-ring (bicyclic) bond motifs is 1. The van der Waals surface area contributed by atoms with Crippen molar-refractivity contribution in [3.63, 3.8) is 0 Å². The van der Waals surface area contributed by atoms with E-state index in [-0.39, 0.29) is 18.5 Å². The maximum Gasteiger partial charge on any atom is 0.229 e. The van der Waals surface area contributed by atoms with Gasteiger partial charge in [-0.15, -0.1) is 0 Å². The van der Waals surface area contributed by atoms with Crippen molar-refractivity contribution < 1.29 is 14.2 Å². The first-order chi connectivity index (χ1) is 16.6. The number of para-hydroxylation sites is 1. The number of ether oxygens (including phenoxy) is 1. The van der Waals surface area contributed by atoms with Crippen molar-refractivity contribution in [1.29, 1.82) is 0 Å². The Kier molecular flexibility index (Phi) is 6.27. The van der Waals surface area contributed by atoms with E-state index in [0.717, 1.165) is 37.1 Å². The second kappa shape index (κ2) is 9.64. The molecule has 0 bridgehead atoms. The van der Waals surface area contributed by atoms with E-state index < -0.39 is 0 Å². The number of nitrogens with zero attached hydrogens (tertiary/aromatic N) is 4. The minimum absolute atomic E-state index is 0.130. The SMILES string of the molecule is COc1ccc(Nc2ncc3nc(Nc4ccccc4F)n(C4CCC(CO)CC4)c3n2)cc1. The Morgan fingerprint density at radius 1 is 1.03 bits per heavy atom. The second-order valence-corrected chi connectivity index (χ2v) is 8.52. The number of methoxy groups -OCH3 is 1. The molecule has 0 amide bonds. The molecular formula is C25H27FN6O2. The molecule has 2 heterocycles. The Hall–Kier alpha value is -3.72. The lowest BCUT2D eigenvalue weighted by Gasteiger charge is -2.29. The molecule has 176 valence electrons. The van der Waals surface area contributed by atoms with Crippen LogP contribution >= 0.6 is 0 Å². The monoisotopic (exact) mass is 462 g/mol. The highest BCUT2D eigenvalue weighted by atomic mass is 19.1. The molecule has 1 aliphatic rings. The topological polar surface area (TPSA) is 97.1 Å². The first-order valence-electron chi connectivity index (χ1n) is 11.4. The van der Waals surface area contributed by atoms with Crippen molar-refractivity contribution in [1.82, 2.24) is 19.5 Å². The van der Waals surface area contributed by atoms with Crippen LogP contribution in [0.1, 0.15) is 31.7 Å². The van der Waals surface area contributed by atoms with Crippen LogP contribution in [0.2, 0.25) is 0 Å². The maximum absolute atomic E-state index is 14.4. The van der Waals surface area contributed by atoms with Crippen LogP contribution in [0, 0.1) is 11.7 Å². The molecule has 0 spiro atoms. The van der Waals surface area contributed by atoms with Crippen molar-refractivity contribution in [2.24, 2.45) is 5.92 Å². The van der Waals surface area contributed by atoms with E-state index in [1.807, 2.05) is 24.3 Å². The molecule has 4 aromatic rings. The zero-order valence-corrected chi connectivity index (χ0v) is 18.9. The molecule has 2 aromatic heterocycles. The third-order valence-corrected chi connectivity index (χ3v) is 6.34. The summed E-state index contributed by atoms with van der Waals surface area (Å²) in [5.74, 6) is 1.71. The summed E-state index contributed by atoms with van der Waals surface area (Å²) in [6.07, 6.45) is 5.28. The molecule has 0 saturated heterocycles. The number of anilines is 4. The molecule has 3 N–H and O–H groups in total. The third-order valence-electron chi connectivity index (χ3n) is 6.34. The molecule has 8 nitrogen and oxygen atoms in total. The van der Waals surface area contributed by atoms with Crippen LogP contribution in [-0.4, -0.2) is 38.3 Å². The molecule has 1 saturated carbocycles. The summed E-state index contributed by atoms with van der Waals surface area (Å²) in [5, 5.41) is 15.9. The average Bonchev–Trinajstić information content (AvgIpc) is 3.23. The molecule has 34 heavy (non-hydrogen) atoms. The largest absolute Gasteiger partial charge is 0.497 e. The van der Waals surface area contributed by atoms with Gasteiger partial charge in [-0.25, -0.2) is 14.4 Å². The van der Waals surface area contributed by atoms with Gasteiger partial charge in [-0.1, -0.05) is 12.1 Å². The van der Waals surface area contributed by atoms with Crippen molar-refractivity contribution in [3.05, 3.63) is 60.5 Å². The van der Waals surface area contributed by atoms with Crippen LogP contribution in [0.4, 0.5) is 27.7 Å². The van der Waals surface area contributed by atoms with Crippen LogP contribution in [-0.2, 0) is 0 Å². The quantitative estimate of drug-likeness (QED) is 0.348. The number of benzene rings is 2. The average molecular weight is 463 g/mol. The van der Waals surface area contributed by atoms with Gasteiger partial charge in [0.05, 0.1) is 19.0 Å². The second-order valence-electron chi connectivity index (χ2n) is 8.52. The Morgan fingerprint density at radius 3 is 2.50 bits per heavy atom. The lowest BCUT2D eigenvalue weighted by atomic mass is 9.86. The molecule has 9 heteroatoms. The predicted molar refractivity (Wildman–Crippen MR) is 129 cm³/mol. The molecular weight excluding hydrogens is 435 g/mol. The molecule has 0 aliphatic heterocycles. The summed E-state index contributed by atoms with van der Waals surface area (Å²) in [4.78, 5) is 13.9. The highest BCUT2D eigenvalue weighted by Gasteiger charge is 2.27. The summed E-state index contributed by atoms with van der Waals surface area (Å²) in [6, 6.07) is 14.2. The van der Waals surface area contributed by atoms with E-state index in [2.05, 4.69) is 20.2 Å². The van der Waals surface area contributed by atoms with Gasteiger partial charge < -0.3 is 20.5 Å². The molecule has 0 atom stereocenters. The Balaban J connectivity index is 1.51. The van der Waals surface area contributed by atoms with Crippen molar-refractivity contribution in [3.8, 4) is 5.75 Å². The predicted octanol–water partition coefficient (Wildman–Crippen LogP) is 5.18. The number of halogens is 1. The van der Waals surface area contributed by atoms with Gasteiger partial charge in [0.15, 0.2) is 5.65 Å². The van der Waals surface area contributed by atoms with Gasteiger partial charge in [0.2, 0.25) is 11.9 Å². The zero-order chi connectivity index (χ0) is 23.5. The first-order valence-corrected chi connectivity index (χ1v) is 11.4. The summed E-state index contributed by atoms with van der Waals surface area (Å²) >= 11 is 0.